The summed E-state index contributed by atoms with van der Waals surface area (Å²) in [5, 5.41) is 3.65. The molecule has 1 N–H and O–H groups in total. The molecule has 2 unspecified atom stereocenters. The first kappa shape index (κ1) is 21.0. The molecule has 0 aromatic rings. The minimum atomic E-state index is 0.868. The van der Waals surface area contributed by atoms with Crippen LogP contribution >= 0.6 is 0 Å². The van der Waals surface area contributed by atoms with Crippen LogP contribution in [0.4, 0.5) is 0 Å². The molecule has 0 saturated carbocycles. The van der Waals surface area contributed by atoms with Crippen LogP contribution in [0.1, 0.15) is 92.9 Å². The predicted octanol–water partition coefficient (Wildman–Crippen LogP) is 6.28. The maximum absolute atomic E-state index is 3.65. The van der Waals surface area contributed by atoms with Gasteiger partial charge in [-0.2, -0.15) is 0 Å². The minimum absolute atomic E-state index is 0.868. The Morgan fingerprint density at radius 1 is 0.524 bits per heavy atom. The summed E-state index contributed by atoms with van der Waals surface area (Å²) in [5.74, 6) is 3.51. The SMILES string of the molecule is CC(C)CCCC(C)CCNCCC(C)CCCC(C)C. The molecule has 0 fully saturated rings. The van der Waals surface area contributed by atoms with Crippen LogP contribution in [0.2, 0.25) is 0 Å². The fourth-order valence-corrected chi connectivity index (χ4v) is 2.86. The molecule has 1 nitrogen and oxygen atoms in total. The van der Waals surface area contributed by atoms with Crippen LogP contribution in [-0.4, -0.2) is 13.1 Å². The second-order valence-electron chi connectivity index (χ2n) is 8.19. The Labute approximate surface area is 135 Å². The van der Waals surface area contributed by atoms with Gasteiger partial charge in [-0.3, -0.25) is 0 Å². The Balaban J connectivity index is 3.34. The fraction of sp³-hybridized carbons (Fsp3) is 1.00. The van der Waals surface area contributed by atoms with E-state index in [0.29, 0.717) is 0 Å². The largest absolute Gasteiger partial charge is 0.317 e. The Morgan fingerprint density at radius 3 is 1.24 bits per heavy atom. The topological polar surface area (TPSA) is 12.0 Å². The molecule has 128 valence electrons. The van der Waals surface area contributed by atoms with Gasteiger partial charge in [0.1, 0.15) is 0 Å². The number of rotatable bonds is 14. The summed E-state index contributed by atoms with van der Waals surface area (Å²) in [6.45, 7) is 16.6. The van der Waals surface area contributed by atoms with Crippen LogP contribution in [0.3, 0.4) is 0 Å². The molecule has 2 atom stereocenters. The maximum Gasteiger partial charge on any atom is -0.00464 e. The highest BCUT2D eigenvalue weighted by Crippen LogP contribution is 2.16. The van der Waals surface area contributed by atoms with Crippen LogP contribution in [0.25, 0.3) is 0 Å². The molecule has 0 aliphatic heterocycles. The van der Waals surface area contributed by atoms with Gasteiger partial charge in [0, 0.05) is 0 Å². The first-order valence-electron chi connectivity index (χ1n) is 9.62. The maximum atomic E-state index is 3.65. The van der Waals surface area contributed by atoms with E-state index < -0.39 is 0 Å². The lowest BCUT2D eigenvalue weighted by Gasteiger charge is -2.15. The Bertz CT molecular complexity index is 188. The van der Waals surface area contributed by atoms with E-state index in [1.54, 1.807) is 0 Å². The summed E-state index contributed by atoms with van der Waals surface area (Å²) in [4.78, 5) is 0. The zero-order chi connectivity index (χ0) is 16.1. The molecule has 0 radical (unpaired) electrons. The van der Waals surface area contributed by atoms with E-state index in [1.165, 1.54) is 64.5 Å². The highest BCUT2D eigenvalue weighted by atomic mass is 14.8. The van der Waals surface area contributed by atoms with Crippen molar-refractivity contribution in [2.75, 3.05) is 13.1 Å². The van der Waals surface area contributed by atoms with E-state index in [0.717, 1.165) is 23.7 Å². The highest BCUT2D eigenvalue weighted by Gasteiger charge is 2.05. The fourth-order valence-electron chi connectivity index (χ4n) is 2.86. The first-order chi connectivity index (χ1) is 9.91. The zero-order valence-electron chi connectivity index (χ0n) is 15.9. The van der Waals surface area contributed by atoms with E-state index in [1.807, 2.05) is 0 Å². The van der Waals surface area contributed by atoms with Gasteiger partial charge in [-0.05, 0) is 49.6 Å². The van der Waals surface area contributed by atoms with Crippen molar-refractivity contribution in [3.8, 4) is 0 Å². The summed E-state index contributed by atoms with van der Waals surface area (Å²) in [6, 6.07) is 0. The second-order valence-corrected chi connectivity index (χ2v) is 8.19. The molecule has 0 bridgehead atoms. The van der Waals surface area contributed by atoms with Crippen molar-refractivity contribution in [2.24, 2.45) is 23.7 Å². The summed E-state index contributed by atoms with van der Waals surface area (Å²) in [5.41, 5.74) is 0. The van der Waals surface area contributed by atoms with Crippen molar-refractivity contribution >= 4 is 0 Å². The lowest BCUT2D eigenvalue weighted by molar-refractivity contribution is 0.405. The standard InChI is InChI=1S/C20H43N/c1-17(2)9-7-11-19(5)13-15-21-16-14-20(6)12-8-10-18(3)4/h17-21H,7-16H2,1-6H3. The van der Waals surface area contributed by atoms with Gasteiger partial charge in [0.25, 0.3) is 0 Å². The number of nitrogens with one attached hydrogen (secondary N) is 1. The lowest BCUT2D eigenvalue weighted by atomic mass is 9.96. The van der Waals surface area contributed by atoms with Gasteiger partial charge in [0.15, 0.2) is 0 Å². The third kappa shape index (κ3) is 16.2. The summed E-state index contributed by atoms with van der Waals surface area (Å²) >= 11 is 0. The minimum Gasteiger partial charge on any atom is -0.317 e. The second kappa shape index (κ2) is 13.6. The molecule has 0 rings (SSSR count). The van der Waals surface area contributed by atoms with E-state index in [4.69, 9.17) is 0 Å². The van der Waals surface area contributed by atoms with Gasteiger partial charge < -0.3 is 5.32 Å². The average molecular weight is 298 g/mol. The molecular weight excluding hydrogens is 254 g/mol. The van der Waals surface area contributed by atoms with Crippen LogP contribution < -0.4 is 5.32 Å². The van der Waals surface area contributed by atoms with Crippen LogP contribution in [0.15, 0.2) is 0 Å². The molecule has 0 aliphatic carbocycles. The van der Waals surface area contributed by atoms with Crippen LogP contribution in [-0.2, 0) is 0 Å². The third-order valence-corrected chi connectivity index (χ3v) is 4.58. The van der Waals surface area contributed by atoms with Crippen molar-refractivity contribution in [3.63, 3.8) is 0 Å². The average Bonchev–Trinajstić information content (AvgIpc) is 2.37. The molecule has 0 aliphatic rings. The summed E-state index contributed by atoms with van der Waals surface area (Å²) in [7, 11) is 0. The van der Waals surface area contributed by atoms with Gasteiger partial charge in [0.05, 0.1) is 0 Å². The quantitative estimate of drug-likeness (QED) is 0.372. The van der Waals surface area contributed by atoms with Gasteiger partial charge in [-0.15, -0.1) is 0 Å². The third-order valence-electron chi connectivity index (χ3n) is 4.58. The highest BCUT2D eigenvalue weighted by molar-refractivity contribution is 4.60. The predicted molar refractivity (Wildman–Crippen MR) is 97.8 cm³/mol. The van der Waals surface area contributed by atoms with Crippen LogP contribution in [0, 0.1) is 23.7 Å². The van der Waals surface area contributed by atoms with Crippen molar-refractivity contribution in [2.45, 2.75) is 92.9 Å². The Hall–Kier alpha value is -0.0400. The molecule has 0 amide bonds. The molecule has 0 heterocycles. The normalized spacial score (nSPS) is 14.9. The van der Waals surface area contributed by atoms with E-state index >= 15 is 0 Å². The molecular formula is C20H43N. The smallest absolute Gasteiger partial charge is 0.00464 e. The van der Waals surface area contributed by atoms with E-state index in [-0.39, 0.29) is 0 Å². The van der Waals surface area contributed by atoms with Gasteiger partial charge in [0.2, 0.25) is 0 Å². The lowest BCUT2D eigenvalue weighted by Crippen LogP contribution is -2.20. The van der Waals surface area contributed by atoms with E-state index in [9.17, 15) is 0 Å². The molecule has 0 aromatic heterocycles. The van der Waals surface area contributed by atoms with Crippen molar-refractivity contribution < 1.29 is 0 Å². The van der Waals surface area contributed by atoms with Crippen molar-refractivity contribution in [1.82, 2.24) is 5.32 Å². The van der Waals surface area contributed by atoms with Crippen molar-refractivity contribution in [3.05, 3.63) is 0 Å². The molecule has 1 heteroatoms. The van der Waals surface area contributed by atoms with Crippen LogP contribution in [0.5, 0.6) is 0 Å². The Kier molecular flexibility index (Phi) is 13.6. The molecule has 0 aromatic carbocycles. The first-order valence-corrected chi connectivity index (χ1v) is 9.62. The van der Waals surface area contributed by atoms with Crippen molar-refractivity contribution in [1.29, 1.82) is 0 Å². The number of hydrogen-bond donors (Lipinski definition) is 1. The van der Waals surface area contributed by atoms with E-state index in [2.05, 4.69) is 46.9 Å². The molecule has 0 saturated heterocycles. The van der Waals surface area contributed by atoms with Gasteiger partial charge in [-0.1, -0.05) is 80.1 Å². The summed E-state index contributed by atoms with van der Waals surface area (Å²) < 4.78 is 0. The van der Waals surface area contributed by atoms with Gasteiger partial charge in [-0.25, -0.2) is 0 Å². The number of hydrogen-bond acceptors (Lipinski definition) is 1. The molecule has 0 spiro atoms. The summed E-state index contributed by atoms with van der Waals surface area (Å²) in [6.07, 6.45) is 11.1. The zero-order valence-corrected chi connectivity index (χ0v) is 15.9. The monoisotopic (exact) mass is 297 g/mol. The Morgan fingerprint density at radius 2 is 0.905 bits per heavy atom. The molecule has 21 heavy (non-hydrogen) atoms. The van der Waals surface area contributed by atoms with Gasteiger partial charge >= 0.3 is 0 Å².